The van der Waals surface area contributed by atoms with Crippen molar-refractivity contribution in [1.29, 1.82) is 0 Å². The van der Waals surface area contributed by atoms with Crippen molar-refractivity contribution in [3.8, 4) is 0 Å². The van der Waals surface area contributed by atoms with Gasteiger partial charge in [-0.05, 0) is 24.8 Å². The van der Waals surface area contributed by atoms with Gasteiger partial charge in [0.2, 0.25) is 5.95 Å². The highest BCUT2D eigenvalue weighted by Crippen LogP contribution is 2.10. The van der Waals surface area contributed by atoms with Gasteiger partial charge in [-0.15, -0.1) is 0 Å². The molecule has 1 heterocycles. The Morgan fingerprint density at radius 3 is 2.94 bits per heavy atom. The summed E-state index contributed by atoms with van der Waals surface area (Å²) in [4.78, 5) is 15.1. The summed E-state index contributed by atoms with van der Waals surface area (Å²) in [5.74, 6) is -0.714. The van der Waals surface area contributed by atoms with E-state index in [1.807, 2.05) is 0 Å². The average Bonchev–Trinajstić information content (AvgIpc) is 2.36. The maximum atomic E-state index is 12.8. The number of rotatable bonds is 7. The number of nitrogens with zero attached hydrogens (tertiary/aromatic N) is 1. The first-order chi connectivity index (χ1) is 8.67. The monoisotopic (exact) mass is 254 g/mol. The van der Waals surface area contributed by atoms with Gasteiger partial charge in [0.1, 0.15) is 0 Å². The third-order valence-electron chi connectivity index (χ3n) is 2.77. The van der Waals surface area contributed by atoms with Gasteiger partial charge in [-0.25, -0.2) is 4.98 Å². The Kier molecular flexibility index (Phi) is 6.28. The van der Waals surface area contributed by atoms with E-state index in [2.05, 4.69) is 17.2 Å². The molecule has 1 aromatic rings. The molecule has 1 atom stereocenters. The predicted octanol–water partition coefficient (Wildman–Crippen LogP) is 1.75. The molecule has 0 spiro atoms. The molecule has 0 aliphatic heterocycles. The van der Waals surface area contributed by atoms with Crippen LogP contribution in [0.5, 0.6) is 0 Å². The number of nitrogens with one attached hydrogen (secondary N) is 1. The highest BCUT2D eigenvalue weighted by molar-refractivity contribution is 5.93. The molecule has 0 saturated carbocycles. The van der Waals surface area contributed by atoms with Crippen LogP contribution in [0, 0.1) is 11.9 Å². The molecule has 4 nitrogen and oxygen atoms in total. The zero-order valence-corrected chi connectivity index (χ0v) is 10.5. The van der Waals surface area contributed by atoms with Crippen LogP contribution in [0.1, 0.15) is 36.5 Å². The van der Waals surface area contributed by atoms with Gasteiger partial charge in [0.25, 0.3) is 5.91 Å². The Balaban J connectivity index is 2.49. The fraction of sp³-hybridized carbons (Fsp3) is 0.538. The molecule has 0 fully saturated rings. The number of hydrogen-bond acceptors (Lipinski definition) is 3. The number of halogens is 1. The molecule has 1 amide bonds. The second-order valence-corrected chi connectivity index (χ2v) is 4.24. The standard InChI is InChI=1S/C13H19FN2O2/c1-2-3-10(5-7-17)9-16-13(18)11-4-6-15-12(14)8-11/h4,6,8,10,17H,2-3,5,7,9H2,1H3,(H,16,18). The van der Waals surface area contributed by atoms with E-state index in [0.29, 0.717) is 13.0 Å². The molecule has 1 aromatic heterocycles. The van der Waals surface area contributed by atoms with Crippen molar-refractivity contribution in [3.63, 3.8) is 0 Å². The topological polar surface area (TPSA) is 62.2 Å². The van der Waals surface area contributed by atoms with Gasteiger partial charge < -0.3 is 10.4 Å². The van der Waals surface area contributed by atoms with Crippen LogP contribution in [0.25, 0.3) is 0 Å². The van der Waals surface area contributed by atoms with Crippen molar-refractivity contribution < 1.29 is 14.3 Å². The second-order valence-electron chi connectivity index (χ2n) is 4.24. The van der Waals surface area contributed by atoms with E-state index in [9.17, 15) is 9.18 Å². The summed E-state index contributed by atoms with van der Waals surface area (Å²) in [5.41, 5.74) is 0.266. The lowest BCUT2D eigenvalue weighted by Crippen LogP contribution is -2.29. The lowest BCUT2D eigenvalue weighted by molar-refractivity contribution is 0.0942. The molecule has 0 aliphatic carbocycles. The highest BCUT2D eigenvalue weighted by atomic mass is 19.1. The van der Waals surface area contributed by atoms with E-state index >= 15 is 0 Å². The number of aliphatic hydroxyl groups excluding tert-OH is 1. The van der Waals surface area contributed by atoms with Crippen LogP contribution in [0.15, 0.2) is 18.3 Å². The first kappa shape index (κ1) is 14.6. The van der Waals surface area contributed by atoms with Gasteiger partial charge in [0.05, 0.1) is 0 Å². The number of carbonyl (C=O) groups excluding carboxylic acids is 1. The van der Waals surface area contributed by atoms with Crippen LogP contribution in [0.3, 0.4) is 0 Å². The summed E-state index contributed by atoms with van der Waals surface area (Å²) in [5, 5.41) is 11.7. The molecule has 0 saturated heterocycles. The van der Waals surface area contributed by atoms with Gasteiger partial charge in [-0.1, -0.05) is 13.3 Å². The van der Waals surface area contributed by atoms with Crippen molar-refractivity contribution in [1.82, 2.24) is 10.3 Å². The fourth-order valence-corrected chi connectivity index (χ4v) is 1.82. The Morgan fingerprint density at radius 2 is 2.33 bits per heavy atom. The largest absolute Gasteiger partial charge is 0.396 e. The number of hydrogen-bond donors (Lipinski definition) is 2. The Morgan fingerprint density at radius 1 is 1.56 bits per heavy atom. The third-order valence-corrected chi connectivity index (χ3v) is 2.77. The van der Waals surface area contributed by atoms with E-state index in [0.717, 1.165) is 18.9 Å². The third kappa shape index (κ3) is 4.79. The molecule has 0 aromatic carbocycles. The Hall–Kier alpha value is -1.49. The number of pyridine rings is 1. The zero-order chi connectivity index (χ0) is 13.4. The van der Waals surface area contributed by atoms with Gasteiger partial charge in [0.15, 0.2) is 0 Å². The fourth-order valence-electron chi connectivity index (χ4n) is 1.82. The molecule has 18 heavy (non-hydrogen) atoms. The van der Waals surface area contributed by atoms with E-state index < -0.39 is 5.95 Å². The quantitative estimate of drug-likeness (QED) is 0.729. The summed E-state index contributed by atoms with van der Waals surface area (Å²) < 4.78 is 12.8. The molecule has 2 N–H and O–H groups in total. The average molecular weight is 254 g/mol. The summed E-state index contributed by atoms with van der Waals surface area (Å²) in [6, 6.07) is 2.58. The van der Waals surface area contributed by atoms with Gasteiger partial charge in [0, 0.05) is 31.0 Å². The van der Waals surface area contributed by atoms with Crippen LogP contribution >= 0.6 is 0 Å². The molecular formula is C13H19FN2O2. The molecule has 100 valence electrons. The van der Waals surface area contributed by atoms with Crippen molar-refractivity contribution in [2.45, 2.75) is 26.2 Å². The minimum Gasteiger partial charge on any atom is -0.396 e. The molecule has 1 rings (SSSR count). The smallest absolute Gasteiger partial charge is 0.251 e. The normalized spacial score (nSPS) is 12.2. The summed E-state index contributed by atoms with van der Waals surface area (Å²) >= 11 is 0. The maximum absolute atomic E-state index is 12.8. The molecule has 1 unspecified atom stereocenters. The van der Waals surface area contributed by atoms with Gasteiger partial charge in [-0.3, -0.25) is 4.79 Å². The molecule has 0 aliphatic rings. The minimum absolute atomic E-state index is 0.115. The van der Waals surface area contributed by atoms with Gasteiger partial charge in [-0.2, -0.15) is 4.39 Å². The van der Waals surface area contributed by atoms with E-state index in [1.165, 1.54) is 12.3 Å². The first-order valence-corrected chi connectivity index (χ1v) is 6.18. The first-order valence-electron chi connectivity index (χ1n) is 6.18. The van der Waals surface area contributed by atoms with E-state index in [4.69, 9.17) is 5.11 Å². The molecular weight excluding hydrogens is 235 g/mol. The minimum atomic E-state index is -0.664. The SMILES string of the molecule is CCCC(CCO)CNC(=O)c1ccnc(F)c1. The summed E-state index contributed by atoms with van der Waals surface area (Å²) in [6.45, 7) is 2.67. The van der Waals surface area contributed by atoms with E-state index in [-0.39, 0.29) is 24.0 Å². The lowest BCUT2D eigenvalue weighted by atomic mass is 10.00. The summed E-state index contributed by atoms with van der Waals surface area (Å²) in [6.07, 6.45) is 3.89. The number of aromatic nitrogens is 1. The number of carbonyl (C=O) groups is 1. The molecule has 0 radical (unpaired) electrons. The maximum Gasteiger partial charge on any atom is 0.251 e. The Labute approximate surface area is 106 Å². The predicted molar refractivity (Wildman–Crippen MR) is 66.6 cm³/mol. The summed E-state index contributed by atoms with van der Waals surface area (Å²) in [7, 11) is 0. The van der Waals surface area contributed by atoms with Crippen LogP contribution in [-0.2, 0) is 0 Å². The molecule has 0 bridgehead atoms. The number of amides is 1. The van der Waals surface area contributed by atoms with E-state index in [1.54, 1.807) is 0 Å². The molecule has 5 heteroatoms. The van der Waals surface area contributed by atoms with Crippen molar-refractivity contribution in [2.75, 3.05) is 13.2 Å². The van der Waals surface area contributed by atoms with Crippen molar-refractivity contribution in [3.05, 3.63) is 29.8 Å². The van der Waals surface area contributed by atoms with Crippen LogP contribution in [0.4, 0.5) is 4.39 Å². The van der Waals surface area contributed by atoms with Crippen molar-refractivity contribution >= 4 is 5.91 Å². The Bertz CT molecular complexity index is 379. The number of aliphatic hydroxyl groups is 1. The van der Waals surface area contributed by atoms with Crippen LogP contribution in [-0.4, -0.2) is 29.1 Å². The van der Waals surface area contributed by atoms with Crippen LogP contribution in [0.2, 0.25) is 0 Å². The zero-order valence-electron chi connectivity index (χ0n) is 10.5. The van der Waals surface area contributed by atoms with Gasteiger partial charge >= 0.3 is 0 Å². The lowest BCUT2D eigenvalue weighted by Gasteiger charge is -2.15. The van der Waals surface area contributed by atoms with Crippen molar-refractivity contribution in [2.24, 2.45) is 5.92 Å². The highest BCUT2D eigenvalue weighted by Gasteiger charge is 2.11. The van der Waals surface area contributed by atoms with Crippen LogP contribution < -0.4 is 5.32 Å². The second kappa shape index (κ2) is 7.76.